The van der Waals surface area contributed by atoms with Crippen LogP contribution >= 0.6 is 11.3 Å². The number of esters is 1. The van der Waals surface area contributed by atoms with Crippen molar-refractivity contribution in [3.63, 3.8) is 0 Å². The third-order valence-corrected chi connectivity index (χ3v) is 4.20. The second kappa shape index (κ2) is 7.63. The van der Waals surface area contributed by atoms with Crippen molar-refractivity contribution in [2.75, 3.05) is 19.0 Å². The smallest absolute Gasteiger partial charge is 0.343 e. The van der Waals surface area contributed by atoms with E-state index in [0.717, 1.165) is 10.6 Å². The number of methoxy groups -OCH3 is 1. The van der Waals surface area contributed by atoms with Crippen LogP contribution in [0.4, 0.5) is 5.69 Å². The van der Waals surface area contributed by atoms with Crippen molar-refractivity contribution in [2.24, 2.45) is 0 Å². The first-order valence-electron chi connectivity index (χ1n) is 7.36. The molecule has 3 aromatic rings. The molecule has 0 aliphatic heterocycles. The molecule has 2 aromatic heterocycles. The van der Waals surface area contributed by atoms with E-state index in [-0.39, 0.29) is 12.5 Å². The second-order valence-corrected chi connectivity index (χ2v) is 5.94. The van der Waals surface area contributed by atoms with Gasteiger partial charge in [0.05, 0.1) is 17.7 Å². The maximum atomic E-state index is 12.3. The highest BCUT2D eigenvalue weighted by Gasteiger charge is 2.12. The Morgan fingerprint density at radius 3 is 2.72 bits per heavy atom. The summed E-state index contributed by atoms with van der Waals surface area (Å²) in [5.74, 6) is -0.275. The Morgan fingerprint density at radius 1 is 1.24 bits per heavy atom. The topological polar surface area (TPSA) is 93.3 Å². The van der Waals surface area contributed by atoms with E-state index in [1.165, 1.54) is 7.11 Å². The number of anilines is 1. The number of amides is 1. The number of hydrogen-bond donors (Lipinski definition) is 2. The van der Waals surface area contributed by atoms with Crippen molar-refractivity contribution in [2.45, 2.75) is 0 Å². The molecule has 2 heterocycles. The first kappa shape index (κ1) is 16.7. The number of benzene rings is 1. The van der Waals surface area contributed by atoms with Gasteiger partial charge >= 0.3 is 5.97 Å². The number of H-pyrrole nitrogens is 1. The summed E-state index contributed by atoms with van der Waals surface area (Å²) >= 11 is 1.57. The summed E-state index contributed by atoms with van der Waals surface area (Å²) in [4.78, 5) is 24.3. The summed E-state index contributed by atoms with van der Waals surface area (Å²) in [7, 11) is 1.29. The highest BCUT2D eigenvalue weighted by atomic mass is 32.1. The number of nitrogens with one attached hydrogen (secondary N) is 2. The SMILES string of the molecule is COC(=O)COc1ccc(NC(=O)c2cc(-c3cccs3)[nH]n2)cc1. The van der Waals surface area contributed by atoms with Crippen LogP contribution in [0.1, 0.15) is 10.5 Å². The highest BCUT2D eigenvalue weighted by Crippen LogP contribution is 2.23. The van der Waals surface area contributed by atoms with E-state index in [9.17, 15) is 9.59 Å². The molecule has 2 N–H and O–H groups in total. The van der Waals surface area contributed by atoms with Crippen LogP contribution in [-0.4, -0.2) is 35.8 Å². The molecule has 0 aliphatic carbocycles. The van der Waals surface area contributed by atoms with Gasteiger partial charge in [-0.05, 0) is 41.8 Å². The minimum Gasteiger partial charge on any atom is -0.482 e. The zero-order chi connectivity index (χ0) is 17.6. The first-order valence-corrected chi connectivity index (χ1v) is 8.24. The van der Waals surface area contributed by atoms with E-state index >= 15 is 0 Å². The predicted molar refractivity (Wildman–Crippen MR) is 93.8 cm³/mol. The summed E-state index contributed by atoms with van der Waals surface area (Å²) in [5, 5.41) is 11.6. The monoisotopic (exact) mass is 357 g/mol. The molecular formula is C17H15N3O4S. The summed E-state index contributed by atoms with van der Waals surface area (Å²) in [6.45, 7) is -0.166. The third kappa shape index (κ3) is 4.24. The Kier molecular flexibility index (Phi) is 5.10. The number of carbonyl (C=O) groups excluding carboxylic acids is 2. The van der Waals surface area contributed by atoms with Gasteiger partial charge in [0.15, 0.2) is 12.3 Å². The van der Waals surface area contributed by atoms with Crippen molar-refractivity contribution in [3.8, 4) is 16.3 Å². The number of rotatable bonds is 6. The molecule has 0 radical (unpaired) electrons. The van der Waals surface area contributed by atoms with Crippen molar-refractivity contribution < 1.29 is 19.1 Å². The Labute approximate surface area is 147 Å². The van der Waals surface area contributed by atoms with Crippen LogP contribution in [0.3, 0.4) is 0 Å². The molecular weight excluding hydrogens is 342 g/mol. The Bertz CT molecular complexity index is 856. The van der Waals surface area contributed by atoms with Crippen LogP contribution in [0, 0.1) is 0 Å². The van der Waals surface area contributed by atoms with Gasteiger partial charge in [-0.15, -0.1) is 11.3 Å². The van der Waals surface area contributed by atoms with Crippen LogP contribution in [0.15, 0.2) is 47.8 Å². The number of aromatic nitrogens is 2. The molecule has 1 amide bonds. The van der Waals surface area contributed by atoms with E-state index in [4.69, 9.17) is 4.74 Å². The van der Waals surface area contributed by atoms with Crippen LogP contribution in [0.5, 0.6) is 5.75 Å². The average molecular weight is 357 g/mol. The van der Waals surface area contributed by atoms with Crippen molar-refractivity contribution in [1.82, 2.24) is 10.2 Å². The van der Waals surface area contributed by atoms with Crippen LogP contribution in [-0.2, 0) is 9.53 Å². The lowest BCUT2D eigenvalue weighted by Crippen LogP contribution is -2.13. The van der Waals surface area contributed by atoms with Gasteiger partial charge in [0.25, 0.3) is 5.91 Å². The van der Waals surface area contributed by atoms with Gasteiger partial charge in [0.2, 0.25) is 0 Å². The molecule has 0 unspecified atom stereocenters. The molecule has 25 heavy (non-hydrogen) atoms. The molecule has 7 nitrogen and oxygen atoms in total. The molecule has 1 aromatic carbocycles. The van der Waals surface area contributed by atoms with E-state index in [2.05, 4.69) is 20.3 Å². The molecule has 8 heteroatoms. The molecule has 0 spiro atoms. The van der Waals surface area contributed by atoms with Gasteiger partial charge in [0, 0.05) is 5.69 Å². The van der Waals surface area contributed by atoms with Crippen LogP contribution in [0.2, 0.25) is 0 Å². The molecule has 0 saturated heterocycles. The number of ether oxygens (including phenoxy) is 2. The number of hydrogen-bond acceptors (Lipinski definition) is 6. The van der Waals surface area contributed by atoms with Crippen LogP contribution < -0.4 is 10.1 Å². The fraction of sp³-hybridized carbons (Fsp3) is 0.118. The Morgan fingerprint density at radius 2 is 2.04 bits per heavy atom. The normalized spacial score (nSPS) is 10.3. The van der Waals surface area contributed by atoms with Gasteiger partial charge in [0.1, 0.15) is 5.75 Å². The van der Waals surface area contributed by atoms with Crippen LogP contribution in [0.25, 0.3) is 10.6 Å². The van der Waals surface area contributed by atoms with E-state index in [1.807, 2.05) is 17.5 Å². The number of carbonyl (C=O) groups is 2. The maximum Gasteiger partial charge on any atom is 0.343 e. The largest absolute Gasteiger partial charge is 0.482 e. The lowest BCUT2D eigenvalue weighted by Gasteiger charge is -2.06. The van der Waals surface area contributed by atoms with E-state index < -0.39 is 5.97 Å². The molecule has 0 saturated carbocycles. The van der Waals surface area contributed by atoms with Gasteiger partial charge in [-0.1, -0.05) is 6.07 Å². The van der Waals surface area contributed by atoms with Gasteiger partial charge in [-0.3, -0.25) is 9.89 Å². The molecule has 3 rings (SSSR count). The fourth-order valence-electron chi connectivity index (χ4n) is 2.03. The third-order valence-electron chi connectivity index (χ3n) is 3.29. The summed E-state index contributed by atoms with van der Waals surface area (Å²) in [6, 6.07) is 12.3. The zero-order valence-electron chi connectivity index (χ0n) is 13.3. The molecule has 0 aliphatic rings. The lowest BCUT2D eigenvalue weighted by molar-refractivity contribution is -0.142. The highest BCUT2D eigenvalue weighted by molar-refractivity contribution is 7.13. The first-order chi connectivity index (χ1) is 12.2. The van der Waals surface area contributed by atoms with Gasteiger partial charge in [-0.25, -0.2) is 4.79 Å². The number of aromatic amines is 1. The fourth-order valence-corrected chi connectivity index (χ4v) is 2.72. The summed E-state index contributed by atoms with van der Waals surface area (Å²) in [6.07, 6.45) is 0. The Balaban J connectivity index is 1.60. The predicted octanol–water partition coefficient (Wildman–Crippen LogP) is 2.94. The van der Waals surface area contributed by atoms with Crippen molar-refractivity contribution in [1.29, 1.82) is 0 Å². The van der Waals surface area contributed by atoms with Gasteiger partial charge in [-0.2, -0.15) is 5.10 Å². The zero-order valence-corrected chi connectivity index (χ0v) is 14.1. The summed E-state index contributed by atoms with van der Waals surface area (Å²) < 4.78 is 9.74. The molecule has 0 atom stereocenters. The Hall–Kier alpha value is -3.13. The molecule has 0 bridgehead atoms. The van der Waals surface area contributed by atoms with E-state index in [0.29, 0.717) is 17.1 Å². The van der Waals surface area contributed by atoms with E-state index in [1.54, 1.807) is 41.7 Å². The maximum absolute atomic E-state index is 12.3. The van der Waals surface area contributed by atoms with Gasteiger partial charge < -0.3 is 14.8 Å². The molecule has 0 fully saturated rings. The molecule has 128 valence electrons. The van der Waals surface area contributed by atoms with Crippen molar-refractivity contribution >= 4 is 28.9 Å². The lowest BCUT2D eigenvalue weighted by atomic mass is 10.2. The second-order valence-electron chi connectivity index (χ2n) is 4.99. The standard InChI is InChI=1S/C17H15N3O4S/c1-23-16(21)10-24-12-6-4-11(5-7-12)18-17(22)14-9-13(19-20-14)15-3-2-8-25-15/h2-9H,10H2,1H3,(H,18,22)(H,19,20). The number of thiophene rings is 1. The summed E-state index contributed by atoms with van der Waals surface area (Å²) in [5.41, 5.74) is 1.69. The minimum absolute atomic E-state index is 0.166. The minimum atomic E-state index is -0.461. The number of nitrogens with zero attached hydrogens (tertiary/aromatic N) is 1. The van der Waals surface area contributed by atoms with Crippen molar-refractivity contribution in [3.05, 3.63) is 53.5 Å². The quantitative estimate of drug-likeness (QED) is 0.662. The average Bonchev–Trinajstić information content (AvgIpc) is 3.31.